The summed E-state index contributed by atoms with van der Waals surface area (Å²) in [5.74, 6) is 4.92. The van der Waals surface area contributed by atoms with Gasteiger partial charge in [0.15, 0.2) is 0 Å². The Kier molecular flexibility index (Phi) is 4.71. The first-order valence-corrected chi connectivity index (χ1v) is 7.01. The third kappa shape index (κ3) is 3.52. The van der Waals surface area contributed by atoms with Crippen molar-refractivity contribution in [2.45, 2.75) is 13.0 Å². The Morgan fingerprint density at radius 2 is 2.22 bits per heavy atom. The predicted molar refractivity (Wildman–Crippen MR) is 73.4 cm³/mol. The van der Waals surface area contributed by atoms with E-state index in [0.717, 1.165) is 26.2 Å². The minimum atomic E-state index is -0.207. The summed E-state index contributed by atoms with van der Waals surface area (Å²) in [7, 11) is 2.17. The van der Waals surface area contributed by atoms with Crippen LogP contribution in [0.1, 0.15) is 21.0 Å². The molecule has 2 heterocycles. The monoisotopic (exact) mass is 268 g/mol. The summed E-state index contributed by atoms with van der Waals surface area (Å²) in [5, 5.41) is 0. The van der Waals surface area contributed by atoms with E-state index in [1.165, 1.54) is 29.2 Å². The minimum Gasteiger partial charge on any atom is -0.305 e. The summed E-state index contributed by atoms with van der Waals surface area (Å²) < 4.78 is 0. The number of likely N-dealkylation sites (N-methyl/N-ethyl adjacent to an activating group) is 1. The van der Waals surface area contributed by atoms with Crippen LogP contribution in [0.4, 0.5) is 0 Å². The first-order chi connectivity index (χ1) is 8.69. The Bertz CT molecular complexity index is 407. The Hall–Kier alpha value is -0.950. The van der Waals surface area contributed by atoms with Crippen LogP contribution in [0, 0.1) is 0 Å². The maximum absolute atomic E-state index is 11.4. The normalized spacial score (nSPS) is 18.6. The molecule has 0 aliphatic carbocycles. The fraction of sp³-hybridized carbons (Fsp3) is 0.583. The molecule has 5 nitrogen and oxygen atoms in total. The van der Waals surface area contributed by atoms with Crippen molar-refractivity contribution in [2.24, 2.45) is 5.84 Å². The number of hydrogen-bond acceptors (Lipinski definition) is 5. The van der Waals surface area contributed by atoms with E-state index >= 15 is 0 Å². The summed E-state index contributed by atoms with van der Waals surface area (Å²) in [5.41, 5.74) is 2.17. The van der Waals surface area contributed by atoms with Gasteiger partial charge in [-0.3, -0.25) is 15.1 Å². The van der Waals surface area contributed by atoms with Gasteiger partial charge in [-0.1, -0.05) is 0 Å². The van der Waals surface area contributed by atoms with Crippen molar-refractivity contribution in [1.29, 1.82) is 0 Å². The molecule has 0 atom stereocenters. The van der Waals surface area contributed by atoms with Gasteiger partial charge in [-0.15, -0.1) is 11.3 Å². The Labute approximate surface area is 112 Å². The number of amides is 1. The quantitative estimate of drug-likeness (QED) is 0.476. The first kappa shape index (κ1) is 13.5. The zero-order valence-corrected chi connectivity index (χ0v) is 11.5. The molecule has 1 aromatic rings. The standard InChI is InChI=1S/C12H20N4OS/c1-15-5-2-6-16(8-7-15)9-10-3-4-11(18-10)12(17)14-13/h3-4H,2,5-9,13H2,1H3,(H,14,17). The SMILES string of the molecule is CN1CCCN(Cc2ccc(C(=O)NN)s2)CC1. The summed E-state index contributed by atoms with van der Waals surface area (Å²) in [6, 6.07) is 3.86. The topological polar surface area (TPSA) is 61.6 Å². The lowest BCUT2D eigenvalue weighted by Crippen LogP contribution is -2.29. The molecule has 1 fully saturated rings. The number of carbonyl (C=O) groups is 1. The summed E-state index contributed by atoms with van der Waals surface area (Å²) >= 11 is 1.52. The van der Waals surface area contributed by atoms with Crippen molar-refractivity contribution in [3.05, 3.63) is 21.9 Å². The van der Waals surface area contributed by atoms with E-state index in [4.69, 9.17) is 5.84 Å². The van der Waals surface area contributed by atoms with Crippen LogP contribution in [0.3, 0.4) is 0 Å². The number of thiophene rings is 1. The molecule has 1 aliphatic rings. The van der Waals surface area contributed by atoms with Gasteiger partial charge in [0.05, 0.1) is 4.88 Å². The molecule has 1 amide bonds. The van der Waals surface area contributed by atoms with Gasteiger partial charge in [-0.25, -0.2) is 5.84 Å². The van der Waals surface area contributed by atoms with Gasteiger partial charge in [-0.05, 0) is 38.7 Å². The number of hydrazine groups is 1. The maximum atomic E-state index is 11.4. The molecule has 0 bridgehead atoms. The van der Waals surface area contributed by atoms with Gasteiger partial charge >= 0.3 is 0 Å². The number of hydrogen-bond donors (Lipinski definition) is 2. The minimum absolute atomic E-state index is 0.207. The van der Waals surface area contributed by atoms with E-state index in [1.54, 1.807) is 0 Å². The van der Waals surface area contributed by atoms with Gasteiger partial charge in [0, 0.05) is 24.5 Å². The van der Waals surface area contributed by atoms with Crippen LogP contribution in [0.2, 0.25) is 0 Å². The Balaban J connectivity index is 1.92. The Morgan fingerprint density at radius 3 is 3.00 bits per heavy atom. The van der Waals surface area contributed by atoms with Crippen molar-refractivity contribution in [3.8, 4) is 0 Å². The largest absolute Gasteiger partial charge is 0.305 e. The smallest absolute Gasteiger partial charge is 0.275 e. The average Bonchev–Trinajstić information content (AvgIpc) is 2.73. The molecule has 0 spiro atoms. The lowest BCUT2D eigenvalue weighted by Gasteiger charge is -2.18. The third-order valence-electron chi connectivity index (χ3n) is 3.21. The van der Waals surface area contributed by atoms with Gasteiger partial charge in [0.2, 0.25) is 0 Å². The van der Waals surface area contributed by atoms with Gasteiger partial charge in [0.25, 0.3) is 5.91 Å². The van der Waals surface area contributed by atoms with E-state index in [-0.39, 0.29) is 5.91 Å². The van der Waals surface area contributed by atoms with Crippen molar-refractivity contribution in [3.63, 3.8) is 0 Å². The van der Waals surface area contributed by atoms with Crippen molar-refractivity contribution in [1.82, 2.24) is 15.2 Å². The van der Waals surface area contributed by atoms with Gasteiger partial charge in [0.1, 0.15) is 0 Å². The molecule has 1 aromatic heterocycles. The Morgan fingerprint density at radius 1 is 1.39 bits per heavy atom. The molecule has 2 rings (SSSR count). The zero-order valence-electron chi connectivity index (χ0n) is 10.7. The van der Waals surface area contributed by atoms with Crippen LogP contribution >= 0.6 is 11.3 Å². The summed E-state index contributed by atoms with van der Waals surface area (Å²) in [6.45, 7) is 5.42. The number of rotatable bonds is 3. The molecule has 0 aromatic carbocycles. The van der Waals surface area contributed by atoms with Gasteiger partial charge < -0.3 is 4.90 Å². The molecule has 0 unspecified atom stereocenters. The van der Waals surface area contributed by atoms with E-state index in [2.05, 4.69) is 22.3 Å². The fourth-order valence-corrected chi connectivity index (χ4v) is 3.09. The van der Waals surface area contributed by atoms with E-state index in [0.29, 0.717) is 4.88 Å². The molecule has 100 valence electrons. The maximum Gasteiger partial charge on any atom is 0.275 e. The highest BCUT2D eigenvalue weighted by atomic mass is 32.1. The van der Waals surface area contributed by atoms with Crippen molar-refractivity contribution in [2.75, 3.05) is 33.2 Å². The van der Waals surface area contributed by atoms with E-state index in [1.807, 2.05) is 12.1 Å². The van der Waals surface area contributed by atoms with E-state index in [9.17, 15) is 4.79 Å². The molecular formula is C12H20N4OS. The van der Waals surface area contributed by atoms with Crippen LogP contribution in [-0.4, -0.2) is 48.9 Å². The second kappa shape index (κ2) is 6.29. The molecule has 3 N–H and O–H groups in total. The summed E-state index contributed by atoms with van der Waals surface area (Å²) in [6.07, 6.45) is 1.21. The number of nitrogens with two attached hydrogens (primary N) is 1. The van der Waals surface area contributed by atoms with Crippen LogP contribution in [0.25, 0.3) is 0 Å². The molecule has 1 aliphatic heterocycles. The molecule has 0 saturated carbocycles. The lowest BCUT2D eigenvalue weighted by atomic mass is 10.3. The first-order valence-electron chi connectivity index (χ1n) is 6.19. The second-order valence-electron chi connectivity index (χ2n) is 4.67. The lowest BCUT2D eigenvalue weighted by molar-refractivity contribution is 0.0957. The number of nitrogen functional groups attached to an aromatic ring is 1. The molecule has 1 saturated heterocycles. The molecule has 18 heavy (non-hydrogen) atoms. The number of carbonyl (C=O) groups excluding carboxylic acids is 1. The molecule has 6 heteroatoms. The fourth-order valence-electron chi connectivity index (χ4n) is 2.13. The van der Waals surface area contributed by atoms with Crippen LogP contribution in [0.5, 0.6) is 0 Å². The second-order valence-corrected chi connectivity index (χ2v) is 5.84. The number of nitrogens with one attached hydrogen (secondary N) is 1. The highest BCUT2D eigenvalue weighted by molar-refractivity contribution is 7.14. The van der Waals surface area contributed by atoms with Crippen LogP contribution in [0.15, 0.2) is 12.1 Å². The summed E-state index contributed by atoms with van der Waals surface area (Å²) in [4.78, 5) is 18.1. The van der Waals surface area contributed by atoms with Crippen molar-refractivity contribution >= 4 is 17.2 Å². The zero-order chi connectivity index (χ0) is 13.0. The van der Waals surface area contributed by atoms with Crippen LogP contribution in [-0.2, 0) is 6.54 Å². The number of nitrogens with zero attached hydrogens (tertiary/aromatic N) is 2. The molecular weight excluding hydrogens is 248 g/mol. The predicted octanol–water partition coefficient (Wildman–Crippen LogP) is 0.489. The average molecular weight is 268 g/mol. The van der Waals surface area contributed by atoms with Crippen molar-refractivity contribution < 1.29 is 4.79 Å². The highest BCUT2D eigenvalue weighted by Gasteiger charge is 2.14. The highest BCUT2D eigenvalue weighted by Crippen LogP contribution is 2.18. The van der Waals surface area contributed by atoms with E-state index < -0.39 is 0 Å². The molecule has 0 radical (unpaired) electrons. The third-order valence-corrected chi connectivity index (χ3v) is 4.28. The van der Waals surface area contributed by atoms with Gasteiger partial charge in [-0.2, -0.15) is 0 Å². The van der Waals surface area contributed by atoms with Crippen LogP contribution < -0.4 is 11.3 Å².